The fraction of sp³-hybridized carbons (Fsp3) is 0.714. The van der Waals surface area contributed by atoms with Gasteiger partial charge in [0.05, 0.1) is 0 Å². The molecule has 0 saturated carbocycles. The van der Waals surface area contributed by atoms with Crippen molar-refractivity contribution in [3.8, 4) is 0 Å². The number of carbonyl (C=O) groups is 8. The van der Waals surface area contributed by atoms with Crippen molar-refractivity contribution in [3.63, 3.8) is 0 Å². The van der Waals surface area contributed by atoms with Crippen molar-refractivity contribution in [1.29, 1.82) is 0 Å². The molecule has 0 unspecified atom stereocenters. The van der Waals surface area contributed by atoms with Gasteiger partial charge in [-0.05, 0) is 0 Å². The summed E-state index contributed by atoms with van der Waals surface area (Å²) >= 11 is 0. The molecule has 0 N–H and O–H groups in total. The fourth-order valence-corrected chi connectivity index (χ4v) is 4.73. The molecule has 0 amide bonds. The Bertz CT molecular complexity index is 1200. The van der Waals surface area contributed by atoms with E-state index < -0.39 is 122 Å². The van der Waals surface area contributed by atoms with E-state index >= 15 is 0 Å². The number of ether oxygens (including phenoxy) is 11. The lowest BCUT2D eigenvalue weighted by Gasteiger charge is -2.48. The Morgan fingerprint density at radius 3 is 1.11 bits per heavy atom. The molecule has 2 rings (SSSR count). The molecule has 10 atom stereocenters. The first-order valence-electron chi connectivity index (χ1n) is 14.2. The first kappa shape index (κ1) is 38.8. The van der Waals surface area contributed by atoms with Crippen molar-refractivity contribution < 1.29 is 90.5 Å². The van der Waals surface area contributed by atoms with E-state index in [4.69, 9.17) is 52.1 Å². The van der Waals surface area contributed by atoms with Crippen LogP contribution in [0, 0.1) is 0 Å². The van der Waals surface area contributed by atoms with Gasteiger partial charge in [0, 0.05) is 55.4 Å². The second-order valence-electron chi connectivity index (χ2n) is 10.3. The van der Waals surface area contributed by atoms with Gasteiger partial charge in [0.1, 0.15) is 31.5 Å². The molecule has 2 heterocycles. The normalized spacial score (nSPS) is 30.0. The van der Waals surface area contributed by atoms with E-state index in [1.54, 1.807) is 0 Å². The highest BCUT2D eigenvalue weighted by Crippen LogP contribution is 2.35. The SMILES string of the molecule is CC(=O)OC[C@H]1O[C@@H](OC(C)=O)[C@H](OC(C)=O)[C@@H](OC(C)=O)[C@H]1O[C@H]1O[C@H](COC(C)=O)[C@@H](OC(C)=O)[C@H](OC(C)=O)[C@H]1OC(C)=O. The van der Waals surface area contributed by atoms with Crippen LogP contribution in [-0.2, 0) is 90.5 Å². The lowest BCUT2D eigenvalue weighted by atomic mass is 9.96. The molecule has 0 radical (unpaired) electrons. The Morgan fingerprint density at radius 1 is 0.383 bits per heavy atom. The van der Waals surface area contributed by atoms with Crippen LogP contribution in [0.2, 0.25) is 0 Å². The fourth-order valence-electron chi connectivity index (χ4n) is 4.73. The topological polar surface area (TPSA) is 238 Å². The molecule has 47 heavy (non-hydrogen) atoms. The van der Waals surface area contributed by atoms with Crippen LogP contribution in [0.3, 0.4) is 0 Å². The van der Waals surface area contributed by atoms with Crippen LogP contribution in [0.4, 0.5) is 0 Å². The third-order valence-corrected chi connectivity index (χ3v) is 6.17. The summed E-state index contributed by atoms with van der Waals surface area (Å²) in [6.07, 6.45) is -16.3. The zero-order valence-corrected chi connectivity index (χ0v) is 26.9. The van der Waals surface area contributed by atoms with Crippen LogP contribution >= 0.6 is 0 Å². The second-order valence-corrected chi connectivity index (χ2v) is 10.3. The maximum atomic E-state index is 12.3. The minimum Gasteiger partial charge on any atom is -0.463 e. The van der Waals surface area contributed by atoms with Crippen molar-refractivity contribution in [2.45, 2.75) is 117 Å². The molecule has 19 heteroatoms. The van der Waals surface area contributed by atoms with E-state index in [0.29, 0.717) is 0 Å². The lowest BCUT2D eigenvalue weighted by Crippen LogP contribution is -2.67. The Labute approximate surface area is 268 Å². The van der Waals surface area contributed by atoms with E-state index in [9.17, 15) is 38.4 Å². The Balaban J connectivity index is 2.73. The predicted octanol–water partition coefficient (Wildman–Crippen LogP) is -0.831. The average Bonchev–Trinajstić information content (AvgIpc) is 2.91. The van der Waals surface area contributed by atoms with E-state index in [1.165, 1.54) is 0 Å². The molecular weight excluding hydrogens is 640 g/mol. The third kappa shape index (κ3) is 12.1. The van der Waals surface area contributed by atoms with Gasteiger partial charge in [-0.15, -0.1) is 0 Å². The summed E-state index contributed by atoms with van der Waals surface area (Å²) in [6.45, 7) is 7.05. The summed E-state index contributed by atoms with van der Waals surface area (Å²) in [6, 6.07) is 0. The van der Waals surface area contributed by atoms with Gasteiger partial charge < -0.3 is 52.1 Å². The molecule has 2 aliphatic rings. The number of carbonyl (C=O) groups excluding carboxylic acids is 8. The highest BCUT2D eigenvalue weighted by atomic mass is 16.8. The average molecular weight is 679 g/mol. The van der Waals surface area contributed by atoms with Gasteiger partial charge in [0.2, 0.25) is 12.4 Å². The van der Waals surface area contributed by atoms with Crippen molar-refractivity contribution in [2.75, 3.05) is 13.2 Å². The molecule has 0 aliphatic carbocycles. The van der Waals surface area contributed by atoms with Gasteiger partial charge in [0.15, 0.2) is 30.7 Å². The summed E-state index contributed by atoms with van der Waals surface area (Å²) in [4.78, 5) is 96.3. The lowest BCUT2D eigenvalue weighted by molar-refractivity contribution is -0.357. The molecule has 0 spiro atoms. The van der Waals surface area contributed by atoms with Gasteiger partial charge >= 0.3 is 47.8 Å². The first-order valence-corrected chi connectivity index (χ1v) is 14.2. The van der Waals surface area contributed by atoms with Crippen LogP contribution in [0.5, 0.6) is 0 Å². The number of rotatable bonds is 12. The molecule has 2 aliphatic heterocycles. The predicted molar refractivity (Wildman–Crippen MR) is 145 cm³/mol. The van der Waals surface area contributed by atoms with Crippen LogP contribution < -0.4 is 0 Å². The van der Waals surface area contributed by atoms with Crippen molar-refractivity contribution in [1.82, 2.24) is 0 Å². The van der Waals surface area contributed by atoms with Crippen LogP contribution in [0.1, 0.15) is 55.4 Å². The van der Waals surface area contributed by atoms with Gasteiger partial charge in [0.25, 0.3) is 0 Å². The molecular formula is C28H38O19. The maximum absolute atomic E-state index is 12.3. The van der Waals surface area contributed by atoms with Gasteiger partial charge in [-0.25, -0.2) is 0 Å². The standard InChI is InChI=1S/C28H38O19/c1-11(29)37-9-19-21(39-13(3)31)23(40-14(4)32)26(43-17(7)35)28(46-19)47-22-20(10-38-12(2)30)45-27(44-18(8)36)25(42-16(6)34)24(22)41-15(5)33/h19-28H,9-10H2,1-8H3/t19-,20-,21-,22+,23+,24+,25-,26-,27-,28-/m1/s1. The number of esters is 8. The third-order valence-electron chi connectivity index (χ3n) is 6.17. The molecule has 2 saturated heterocycles. The van der Waals surface area contributed by atoms with E-state index in [0.717, 1.165) is 55.4 Å². The minimum atomic E-state index is -1.83. The maximum Gasteiger partial charge on any atom is 0.305 e. The van der Waals surface area contributed by atoms with Crippen molar-refractivity contribution in [3.05, 3.63) is 0 Å². The van der Waals surface area contributed by atoms with Crippen molar-refractivity contribution >= 4 is 47.8 Å². The number of hydrogen-bond donors (Lipinski definition) is 0. The van der Waals surface area contributed by atoms with Crippen LogP contribution in [0.25, 0.3) is 0 Å². The molecule has 19 nitrogen and oxygen atoms in total. The Hall–Kier alpha value is -4.36. The summed E-state index contributed by atoms with van der Waals surface area (Å²) in [5, 5.41) is 0. The summed E-state index contributed by atoms with van der Waals surface area (Å²) in [5.41, 5.74) is 0. The quantitative estimate of drug-likeness (QED) is 0.181. The molecule has 0 aromatic heterocycles. The van der Waals surface area contributed by atoms with E-state index in [2.05, 4.69) is 0 Å². The summed E-state index contributed by atoms with van der Waals surface area (Å²) < 4.78 is 60.2. The zero-order chi connectivity index (χ0) is 35.6. The molecule has 0 aromatic rings. The Kier molecular flexibility index (Phi) is 14.5. The van der Waals surface area contributed by atoms with E-state index in [1.807, 2.05) is 0 Å². The van der Waals surface area contributed by atoms with Gasteiger partial charge in [-0.3, -0.25) is 38.4 Å². The van der Waals surface area contributed by atoms with Gasteiger partial charge in [-0.1, -0.05) is 0 Å². The highest BCUT2D eigenvalue weighted by molar-refractivity contribution is 5.70. The van der Waals surface area contributed by atoms with E-state index in [-0.39, 0.29) is 0 Å². The number of hydrogen-bond acceptors (Lipinski definition) is 19. The first-order chi connectivity index (χ1) is 21.9. The zero-order valence-electron chi connectivity index (χ0n) is 26.9. The Morgan fingerprint density at radius 2 is 0.702 bits per heavy atom. The molecule has 0 bridgehead atoms. The van der Waals surface area contributed by atoms with Crippen LogP contribution in [-0.4, -0.2) is 122 Å². The van der Waals surface area contributed by atoms with Gasteiger partial charge in [-0.2, -0.15) is 0 Å². The largest absolute Gasteiger partial charge is 0.463 e. The molecule has 0 aromatic carbocycles. The summed E-state index contributed by atoms with van der Waals surface area (Å²) in [5.74, 6) is -7.02. The van der Waals surface area contributed by atoms with Crippen molar-refractivity contribution in [2.24, 2.45) is 0 Å². The summed E-state index contributed by atoms with van der Waals surface area (Å²) in [7, 11) is 0. The monoisotopic (exact) mass is 678 g/mol. The van der Waals surface area contributed by atoms with Crippen LogP contribution in [0.15, 0.2) is 0 Å². The second kappa shape index (κ2) is 17.5. The smallest absolute Gasteiger partial charge is 0.305 e. The molecule has 2 fully saturated rings. The highest BCUT2D eigenvalue weighted by Gasteiger charge is 2.58. The minimum absolute atomic E-state index is 0.590. The molecule has 264 valence electrons.